The molecule has 0 bridgehead atoms. The van der Waals surface area contributed by atoms with Crippen LogP contribution in [-0.2, 0) is 4.79 Å². The van der Waals surface area contributed by atoms with Crippen LogP contribution >= 0.6 is 0 Å². The minimum atomic E-state index is -0.477. The summed E-state index contributed by atoms with van der Waals surface area (Å²) in [6, 6.07) is 17.6. The predicted octanol–water partition coefficient (Wildman–Crippen LogP) is 1.63. The summed E-state index contributed by atoms with van der Waals surface area (Å²) in [5.41, 5.74) is 2.84. The topological polar surface area (TPSA) is 60.9 Å². The van der Waals surface area contributed by atoms with Gasteiger partial charge < -0.3 is 14.9 Å². The molecule has 2 amide bonds. The minimum Gasteiger partial charge on any atom is -0.387 e. The average molecular weight is 324 g/mol. The van der Waals surface area contributed by atoms with Crippen molar-refractivity contribution in [3.63, 3.8) is 0 Å². The summed E-state index contributed by atoms with van der Waals surface area (Å²) >= 11 is 0. The van der Waals surface area contributed by atoms with E-state index in [9.17, 15) is 9.59 Å². The normalized spacial score (nSPS) is 14.5. The summed E-state index contributed by atoms with van der Waals surface area (Å²) in [7, 11) is 0. The van der Waals surface area contributed by atoms with Gasteiger partial charge in [0.1, 0.15) is 6.61 Å². The summed E-state index contributed by atoms with van der Waals surface area (Å²) in [4.78, 5) is 27.4. The Bertz CT molecular complexity index is 705. The number of nitrogens with zero attached hydrogens (tertiary/aromatic N) is 2. The van der Waals surface area contributed by atoms with Crippen LogP contribution in [-0.4, -0.2) is 59.5 Å². The average Bonchev–Trinajstić information content (AvgIpc) is 2.68. The van der Waals surface area contributed by atoms with E-state index in [0.29, 0.717) is 31.7 Å². The fourth-order valence-corrected chi connectivity index (χ4v) is 2.88. The van der Waals surface area contributed by atoms with Crippen molar-refractivity contribution in [3.8, 4) is 11.1 Å². The van der Waals surface area contributed by atoms with Crippen LogP contribution in [0.15, 0.2) is 54.6 Å². The third kappa shape index (κ3) is 3.46. The van der Waals surface area contributed by atoms with Crippen LogP contribution < -0.4 is 0 Å². The number of carbonyl (C=O) groups is 2. The van der Waals surface area contributed by atoms with E-state index in [2.05, 4.69) is 0 Å². The van der Waals surface area contributed by atoms with Gasteiger partial charge in [0.15, 0.2) is 0 Å². The standard InChI is InChI=1S/C19H20N2O3/c22-14-18(23)20-10-12-21(13-11-20)19(24)17-8-6-16(7-9-17)15-4-2-1-3-5-15/h1-9,22H,10-14H2. The molecule has 1 heterocycles. The van der Waals surface area contributed by atoms with Crippen LogP contribution in [0.5, 0.6) is 0 Å². The Morgan fingerprint density at radius 1 is 0.792 bits per heavy atom. The molecule has 1 fully saturated rings. The number of amides is 2. The molecule has 0 unspecified atom stereocenters. The van der Waals surface area contributed by atoms with E-state index in [-0.39, 0.29) is 11.8 Å². The van der Waals surface area contributed by atoms with Crippen LogP contribution in [0.1, 0.15) is 10.4 Å². The Balaban J connectivity index is 1.65. The molecular formula is C19H20N2O3. The second kappa shape index (κ2) is 7.27. The molecule has 0 radical (unpaired) electrons. The van der Waals surface area contributed by atoms with E-state index in [1.54, 1.807) is 9.80 Å². The highest BCUT2D eigenvalue weighted by Crippen LogP contribution is 2.20. The van der Waals surface area contributed by atoms with E-state index in [1.165, 1.54) is 0 Å². The molecular weight excluding hydrogens is 304 g/mol. The zero-order valence-electron chi connectivity index (χ0n) is 13.4. The third-order valence-corrected chi connectivity index (χ3v) is 4.29. The third-order valence-electron chi connectivity index (χ3n) is 4.29. The number of rotatable bonds is 3. The lowest BCUT2D eigenvalue weighted by atomic mass is 10.0. The number of piperazine rings is 1. The van der Waals surface area contributed by atoms with Gasteiger partial charge in [-0.05, 0) is 23.3 Å². The molecule has 1 N–H and O–H groups in total. The minimum absolute atomic E-state index is 0.0225. The maximum absolute atomic E-state index is 12.6. The number of hydrogen-bond donors (Lipinski definition) is 1. The highest BCUT2D eigenvalue weighted by atomic mass is 16.3. The molecule has 0 spiro atoms. The van der Waals surface area contributed by atoms with Gasteiger partial charge >= 0.3 is 0 Å². The Hall–Kier alpha value is -2.66. The van der Waals surface area contributed by atoms with Gasteiger partial charge in [-0.25, -0.2) is 0 Å². The molecule has 124 valence electrons. The summed E-state index contributed by atoms with van der Waals surface area (Å²) in [6.45, 7) is 1.44. The number of carbonyl (C=O) groups excluding carboxylic acids is 2. The van der Waals surface area contributed by atoms with Crippen LogP contribution in [0.4, 0.5) is 0 Å². The first-order valence-corrected chi connectivity index (χ1v) is 8.02. The quantitative estimate of drug-likeness (QED) is 0.933. The lowest BCUT2D eigenvalue weighted by Gasteiger charge is -2.34. The highest BCUT2D eigenvalue weighted by molar-refractivity contribution is 5.95. The van der Waals surface area contributed by atoms with E-state index in [4.69, 9.17) is 5.11 Å². The first kappa shape index (κ1) is 16.2. The lowest BCUT2D eigenvalue weighted by Crippen LogP contribution is -2.51. The lowest BCUT2D eigenvalue weighted by molar-refractivity contribution is -0.135. The van der Waals surface area contributed by atoms with Crippen LogP contribution in [0.25, 0.3) is 11.1 Å². The fraction of sp³-hybridized carbons (Fsp3) is 0.263. The van der Waals surface area contributed by atoms with Crippen LogP contribution in [0.3, 0.4) is 0 Å². The van der Waals surface area contributed by atoms with E-state index < -0.39 is 6.61 Å². The number of hydrogen-bond acceptors (Lipinski definition) is 3. The molecule has 1 saturated heterocycles. The SMILES string of the molecule is O=C(CO)N1CCN(C(=O)c2ccc(-c3ccccc3)cc2)CC1. The van der Waals surface area contributed by atoms with Crippen molar-refractivity contribution in [2.24, 2.45) is 0 Å². The molecule has 0 aliphatic carbocycles. The van der Waals surface area contributed by atoms with Crippen molar-refractivity contribution < 1.29 is 14.7 Å². The molecule has 24 heavy (non-hydrogen) atoms. The Morgan fingerprint density at radius 2 is 1.33 bits per heavy atom. The van der Waals surface area contributed by atoms with Gasteiger partial charge in [-0.1, -0.05) is 42.5 Å². The molecule has 1 aliphatic heterocycles. The van der Waals surface area contributed by atoms with Gasteiger partial charge in [0.2, 0.25) is 5.91 Å². The number of benzene rings is 2. The zero-order chi connectivity index (χ0) is 16.9. The largest absolute Gasteiger partial charge is 0.387 e. The molecule has 0 saturated carbocycles. The van der Waals surface area contributed by atoms with Gasteiger partial charge in [0.25, 0.3) is 5.91 Å². The van der Waals surface area contributed by atoms with Crippen molar-refractivity contribution in [3.05, 3.63) is 60.2 Å². The molecule has 3 rings (SSSR count). The maximum atomic E-state index is 12.6. The molecule has 1 aliphatic rings. The Kier molecular flexibility index (Phi) is 4.91. The van der Waals surface area contributed by atoms with E-state index >= 15 is 0 Å². The summed E-state index contributed by atoms with van der Waals surface area (Å²) in [5, 5.41) is 8.89. The Morgan fingerprint density at radius 3 is 1.92 bits per heavy atom. The molecule has 2 aromatic carbocycles. The predicted molar refractivity (Wildman–Crippen MR) is 91.4 cm³/mol. The number of aliphatic hydroxyl groups is 1. The van der Waals surface area contributed by atoms with Gasteiger partial charge in [0, 0.05) is 31.7 Å². The number of aliphatic hydroxyl groups excluding tert-OH is 1. The first-order valence-electron chi connectivity index (χ1n) is 8.02. The van der Waals surface area contributed by atoms with Crippen molar-refractivity contribution in [2.45, 2.75) is 0 Å². The molecule has 5 nitrogen and oxygen atoms in total. The van der Waals surface area contributed by atoms with E-state index in [0.717, 1.165) is 11.1 Å². The van der Waals surface area contributed by atoms with Gasteiger partial charge in [-0.15, -0.1) is 0 Å². The highest BCUT2D eigenvalue weighted by Gasteiger charge is 2.24. The van der Waals surface area contributed by atoms with E-state index in [1.807, 2.05) is 54.6 Å². The summed E-state index contributed by atoms with van der Waals surface area (Å²) < 4.78 is 0. The molecule has 0 aromatic heterocycles. The van der Waals surface area contributed by atoms with Crippen LogP contribution in [0, 0.1) is 0 Å². The van der Waals surface area contributed by atoms with Crippen molar-refractivity contribution in [2.75, 3.05) is 32.8 Å². The smallest absolute Gasteiger partial charge is 0.253 e. The monoisotopic (exact) mass is 324 g/mol. The Labute approximate surface area is 141 Å². The van der Waals surface area contributed by atoms with Gasteiger partial charge in [-0.3, -0.25) is 9.59 Å². The second-order valence-corrected chi connectivity index (χ2v) is 5.77. The summed E-state index contributed by atoms with van der Waals surface area (Å²) in [6.07, 6.45) is 0. The summed E-state index contributed by atoms with van der Waals surface area (Å²) in [5.74, 6) is -0.306. The van der Waals surface area contributed by atoms with Crippen LogP contribution in [0.2, 0.25) is 0 Å². The molecule has 2 aromatic rings. The van der Waals surface area contributed by atoms with Crippen molar-refractivity contribution in [1.82, 2.24) is 9.80 Å². The second-order valence-electron chi connectivity index (χ2n) is 5.77. The fourth-order valence-electron chi connectivity index (χ4n) is 2.88. The maximum Gasteiger partial charge on any atom is 0.253 e. The zero-order valence-corrected chi connectivity index (χ0v) is 13.4. The van der Waals surface area contributed by atoms with Gasteiger partial charge in [0.05, 0.1) is 0 Å². The van der Waals surface area contributed by atoms with Gasteiger partial charge in [-0.2, -0.15) is 0 Å². The molecule has 5 heteroatoms. The molecule has 0 atom stereocenters. The first-order chi connectivity index (χ1) is 11.7. The van der Waals surface area contributed by atoms with Crippen molar-refractivity contribution >= 4 is 11.8 Å². The van der Waals surface area contributed by atoms with Crippen molar-refractivity contribution in [1.29, 1.82) is 0 Å².